The second-order valence-electron chi connectivity index (χ2n) is 5.31. The van der Waals surface area contributed by atoms with Crippen LogP contribution in [0, 0.1) is 12.8 Å². The fourth-order valence-electron chi connectivity index (χ4n) is 2.02. The molecule has 106 valence electrons. The minimum atomic E-state index is 0.105. The number of aromatic nitrogens is 3. The van der Waals surface area contributed by atoms with Gasteiger partial charge in [0.1, 0.15) is 0 Å². The number of anilines is 1. The van der Waals surface area contributed by atoms with Gasteiger partial charge in [0, 0.05) is 19.7 Å². The van der Waals surface area contributed by atoms with E-state index in [0.717, 1.165) is 17.1 Å². The number of rotatable bonds is 4. The van der Waals surface area contributed by atoms with Gasteiger partial charge in [-0.3, -0.25) is 9.78 Å². The number of nitrogens with zero attached hydrogens (tertiary/aromatic N) is 4. The van der Waals surface area contributed by atoms with Crippen molar-refractivity contribution >= 4 is 11.6 Å². The second-order valence-corrected chi connectivity index (χ2v) is 5.31. The van der Waals surface area contributed by atoms with Gasteiger partial charge in [-0.1, -0.05) is 13.8 Å². The summed E-state index contributed by atoms with van der Waals surface area (Å²) in [4.78, 5) is 17.9. The number of pyridine rings is 1. The summed E-state index contributed by atoms with van der Waals surface area (Å²) in [6, 6.07) is 3.79. The van der Waals surface area contributed by atoms with E-state index < -0.39 is 0 Å². The molecular weight excluding hydrogens is 252 g/mol. The Morgan fingerprint density at radius 3 is 2.80 bits per heavy atom. The molecule has 0 atom stereocenters. The van der Waals surface area contributed by atoms with Crippen LogP contribution in [0.1, 0.15) is 26.0 Å². The maximum absolute atomic E-state index is 12.1. The molecule has 0 unspecified atom stereocenters. The molecule has 5 nitrogen and oxygen atoms in total. The van der Waals surface area contributed by atoms with Crippen molar-refractivity contribution in [2.45, 2.75) is 27.2 Å². The van der Waals surface area contributed by atoms with Crippen molar-refractivity contribution in [3.8, 4) is 5.69 Å². The van der Waals surface area contributed by atoms with Gasteiger partial charge >= 0.3 is 0 Å². The van der Waals surface area contributed by atoms with Crippen LogP contribution in [0.4, 0.5) is 5.69 Å². The maximum atomic E-state index is 12.1. The van der Waals surface area contributed by atoms with Crippen LogP contribution in [-0.2, 0) is 4.79 Å². The number of carbonyl (C=O) groups is 1. The summed E-state index contributed by atoms with van der Waals surface area (Å²) in [7, 11) is 1.79. The summed E-state index contributed by atoms with van der Waals surface area (Å²) in [6.07, 6.45) is 5.86. The molecule has 0 radical (unpaired) electrons. The average molecular weight is 272 g/mol. The molecule has 0 aromatic carbocycles. The summed E-state index contributed by atoms with van der Waals surface area (Å²) in [5.74, 6) is 0.451. The quantitative estimate of drug-likeness (QED) is 0.859. The van der Waals surface area contributed by atoms with Gasteiger partial charge in [-0.25, -0.2) is 4.68 Å². The van der Waals surface area contributed by atoms with Crippen LogP contribution in [0.5, 0.6) is 0 Å². The zero-order valence-electron chi connectivity index (χ0n) is 12.4. The number of aryl methyl sites for hydroxylation is 1. The van der Waals surface area contributed by atoms with Gasteiger partial charge < -0.3 is 4.90 Å². The third-order valence-corrected chi connectivity index (χ3v) is 3.10. The van der Waals surface area contributed by atoms with E-state index in [1.54, 1.807) is 29.0 Å². The van der Waals surface area contributed by atoms with E-state index in [9.17, 15) is 4.79 Å². The zero-order chi connectivity index (χ0) is 14.7. The summed E-state index contributed by atoms with van der Waals surface area (Å²) in [5.41, 5.74) is 2.54. The fourth-order valence-corrected chi connectivity index (χ4v) is 2.02. The molecule has 1 amide bonds. The third-order valence-electron chi connectivity index (χ3n) is 3.10. The molecule has 5 heteroatoms. The minimum absolute atomic E-state index is 0.105. The molecular formula is C15H20N4O. The van der Waals surface area contributed by atoms with E-state index in [4.69, 9.17) is 0 Å². The molecule has 0 saturated carbocycles. The standard InChI is InChI=1S/C15H20N4O/c1-11(2)8-15(20)18(4)14-10-19(17-12(14)3)13-6-5-7-16-9-13/h5-7,9-11H,8H2,1-4H3. The smallest absolute Gasteiger partial charge is 0.227 e. The number of carbonyl (C=O) groups excluding carboxylic acids is 1. The largest absolute Gasteiger partial charge is 0.312 e. The van der Waals surface area contributed by atoms with Crippen LogP contribution in [0.3, 0.4) is 0 Å². The van der Waals surface area contributed by atoms with Crippen molar-refractivity contribution in [3.63, 3.8) is 0 Å². The van der Waals surface area contributed by atoms with Crippen molar-refractivity contribution in [3.05, 3.63) is 36.4 Å². The van der Waals surface area contributed by atoms with Crippen molar-refractivity contribution in [1.29, 1.82) is 0 Å². The van der Waals surface area contributed by atoms with Gasteiger partial charge in [-0.05, 0) is 25.0 Å². The Balaban J connectivity index is 2.26. The van der Waals surface area contributed by atoms with Crippen LogP contribution >= 0.6 is 0 Å². The fraction of sp³-hybridized carbons (Fsp3) is 0.400. The lowest BCUT2D eigenvalue weighted by atomic mass is 10.1. The molecule has 0 aliphatic heterocycles. The van der Waals surface area contributed by atoms with Gasteiger partial charge in [0.15, 0.2) is 0 Å². The Bertz CT molecular complexity index is 589. The molecule has 0 aliphatic rings. The normalized spacial score (nSPS) is 10.8. The lowest BCUT2D eigenvalue weighted by Crippen LogP contribution is -2.27. The highest BCUT2D eigenvalue weighted by Gasteiger charge is 2.17. The van der Waals surface area contributed by atoms with Gasteiger partial charge in [0.25, 0.3) is 0 Å². The third kappa shape index (κ3) is 3.04. The highest BCUT2D eigenvalue weighted by molar-refractivity contribution is 5.93. The SMILES string of the molecule is Cc1nn(-c2cccnc2)cc1N(C)C(=O)CC(C)C. The highest BCUT2D eigenvalue weighted by Crippen LogP contribution is 2.21. The molecule has 0 bridgehead atoms. The van der Waals surface area contributed by atoms with E-state index in [1.165, 1.54) is 0 Å². The first-order valence-corrected chi connectivity index (χ1v) is 6.72. The number of hydrogen-bond acceptors (Lipinski definition) is 3. The Hall–Kier alpha value is -2.17. The number of amides is 1. The summed E-state index contributed by atoms with van der Waals surface area (Å²) in [6.45, 7) is 5.98. The van der Waals surface area contributed by atoms with E-state index in [-0.39, 0.29) is 5.91 Å². The highest BCUT2D eigenvalue weighted by atomic mass is 16.2. The first kappa shape index (κ1) is 14.2. The summed E-state index contributed by atoms with van der Waals surface area (Å²) < 4.78 is 1.75. The van der Waals surface area contributed by atoms with Crippen molar-refractivity contribution in [2.24, 2.45) is 5.92 Å². The lowest BCUT2D eigenvalue weighted by Gasteiger charge is -2.17. The minimum Gasteiger partial charge on any atom is -0.312 e. The van der Waals surface area contributed by atoms with E-state index in [2.05, 4.69) is 10.1 Å². The Kier molecular flexibility index (Phi) is 4.17. The van der Waals surface area contributed by atoms with Gasteiger partial charge in [-0.15, -0.1) is 0 Å². The molecule has 0 aliphatic carbocycles. The van der Waals surface area contributed by atoms with Crippen molar-refractivity contribution in [2.75, 3.05) is 11.9 Å². The molecule has 0 N–H and O–H groups in total. The summed E-state index contributed by atoms with van der Waals surface area (Å²) >= 11 is 0. The van der Waals surface area contributed by atoms with Crippen LogP contribution in [0.25, 0.3) is 5.69 Å². The molecule has 2 rings (SSSR count). The molecule has 0 fully saturated rings. The summed E-state index contributed by atoms with van der Waals surface area (Å²) in [5, 5.41) is 4.45. The monoisotopic (exact) mass is 272 g/mol. The van der Waals surface area contributed by atoms with Crippen LogP contribution in [0.15, 0.2) is 30.7 Å². The first-order chi connectivity index (χ1) is 9.49. The molecule has 0 spiro atoms. The number of hydrogen-bond donors (Lipinski definition) is 0. The van der Waals surface area contributed by atoms with Crippen molar-refractivity contribution in [1.82, 2.24) is 14.8 Å². The Morgan fingerprint density at radius 1 is 1.45 bits per heavy atom. The van der Waals surface area contributed by atoms with Gasteiger partial charge in [-0.2, -0.15) is 5.10 Å². The second kappa shape index (κ2) is 5.86. The van der Waals surface area contributed by atoms with E-state index in [1.807, 2.05) is 39.1 Å². The van der Waals surface area contributed by atoms with Crippen LogP contribution in [-0.4, -0.2) is 27.7 Å². The molecule has 2 heterocycles. The predicted molar refractivity (Wildman–Crippen MR) is 79.0 cm³/mol. The van der Waals surface area contributed by atoms with Crippen LogP contribution in [0.2, 0.25) is 0 Å². The Labute approximate surface area is 119 Å². The van der Waals surface area contributed by atoms with E-state index in [0.29, 0.717) is 12.3 Å². The average Bonchev–Trinajstić information content (AvgIpc) is 2.80. The van der Waals surface area contributed by atoms with E-state index >= 15 is 0 Å². The van der Waals surface area contributed by atoms with Gasteiger partial charge in [0.05, 0.1) is 29.5 Å². The Morgan fingerprint density at radius 2 is 2.20 bits per heavy atom. The van der Waals surface area contributed by atoms with Crippen molar-refractivity contribution < 1.29 is 4.79 Å². The topological polar surface area (TPSA) is 51.0 Å². The lowest BCUT2D eigenvalue weighted by molar-refractivity contribution is -0.119. The zero-order valence-corrected chi connectivity index (χ0v) is 12.4. The molecule has 2 aromatic rings. The first-order valence-electron chi connectivity index (χ1n) is 6.72. The van der Waals surface area contributed by atoms with Crippen LogP contribution < -0.4 is 4.90 Å². The maximum Gasteiger partial charge on any atom is 0.227 e. The molecule has 2 aromatic heterocycles. The molecule has 20 heavy (non-hydrogen) atoms. The predicted octanol–water partition coefficient (Wildman–Crippen LogP) is 2.58. The molecule has 0 saturated heterocycles. The van der Waals surface area contributed by atoms with Gasteiger partial charge in [0.2, 0.25) is 5.91 Å².